The number of amides is 2. The van der Waals surface area contributed by atoms with Crippen molar-refractivity contribution in [3.05, 3.63) is 65.7 Å². The van der Waals surface area contributed by atoms with E-state index >= 15 is 0 Å². The first kappa shape index (κ1) is 20.6. The maximum atomic E-state index is 12.9. The van der Waals surface area contributed by atoms with Crippen molar-refractivity contribution in [2.45, 2.75) is 33.4 Å². The number of nitrogens with one attached hydrogen (secondary N) is 2. The number of anilines is 1. The van der Waals surface area contributed by atoms with E-state index in [2.05, 4.69) is 5.32 Å². The maximum Gasteiger partial charge on any atom is 0.280 e. The Morgan fingerprint density at radius 3 is 2.30 bits per heavy atom. The SMILES string of the molecule is CCN(Cc1ccccc1)C(=O)[C@H](C)[NH+](C)CC(=O)Nc1ccc(C)cc1. The molecule has 2 amide bonds. The first-order chi connectivity index (χ1) is 12.9. The number of carbonyl (C=O) groups excluding carboxylic acids is 2. The fourth-order valence-corrected chi connectivity index (χ4v) is 2.88. The Morgan fingerprint density at radius 1 is 1.07 bits per heavy atom. The molecule has 0 aliphatic carbocycles. The summed E-state index contributed by atoms with van der Waals surface area (Å²) >= 11 is 0. The molecule has 0 bridgehead atoms. The highest BCUT2D eigenvalue weighted by Gasteiger charge is 2.27. The molecule has 5 heteroatoms. The molecule has 0 saturated heterocycles. The number of hydrogen-bond acceptors (Lipinski definition) is 2. The quantitative estimate of drug-likeness (QED) is 0.748. The van der Waals surface area contributed by atoms with Crippen LogP contribution in [0, 0.1) is 6.92 Å². The third kappa shape index (κ3) is 6.22. The van der Waals surface area contributed by atoms with Crippen LogP contribution in [-0.4, -0.2) is 42.9 Å². The third-order valence-corrected chi connectivity index (χ3v) is 4.79. The van der Waals surface area contributed by atoms with Gasteiger partial charge in [0.2, 0.25) is 0 Å². The summed E-state index contributed by atoms with van der Waals surface area (Å²) in [4.78, 5) is 27.9. The molecule has 0 aliphatic rings. The van der Waals surface area contributed by atoms with Gasteiger partial charge in [0.1, 0.15) is 0 Å². The lowest BCUT2D eigenvalue weighted by Gasteiger charge is -2.27. The smallest absolute Gasteiger partial charge is 0.280 e. The molecule has 0 spiro atoms. The van der Waals surface area contributed by atoms with E-state index in [0.717, 1.165) is 21.7 Å². The van der Waals surface area contributed by atoms with Crippen LogP contribution in [0.2, 0.25) is 0 Å². The molecule has 0 heterocycles. The average molecular weight is 369 g/mol. The number of quaternary nitrogens is 1. The second-order valence-corrected chi connectivity index (χ2v) is 7.00. The standard InChI is InChI=1S/C22H29N3O2/c1-5-25(15-19-9-7-6-8-10-19)22(27)18(3)24(4)16-21(26)23-20-13-11-17(2)12-14-20/h6-14,18H,5,15-16H2,1-4H3,(H,23,26)/p+1/t18-/m0/s1. The number of rotatable bonds is 8. The number of nitrogens with zero attached hydrogens (tertiary/aromatic N) is 1. The monoisotopic (exact) mass is 368 g/mol. The largest absolute Gasteiger partial charge is 0.334 e. The van der Waals surface area contributed by atoms with E-state index in [-0.39, 0.29) is 24.4 Å². The lowest BCUT2D eigenvalue weighted by Crippen LogP contribution is -3.15. The zero-order valence-electron chi connectivity index (χ0n) is 16.7. The summed E-state index contributed by atoms with van der Waals surface area (Å²) in [6.45, 7) is 7.33. The van der Waals surface area contributed by atoms with E-state index in [9.17, 15) is 9.59 Å². The van der Waals surface area contributed by atoms with Gasteiger partial charge < -0.3 is 15.1 Å². The molecular formula is C22H30N3O2+. The number of aryl methyl sites for hydroxylation is 1. The van der Waals surface area contributed by atoms with Crippen LogP contribution in [0.4, 0.5) is 5.69 Å². The molecule has 2 rings (SSSR count). The zero-order chi connectivity index (χ0) is 19.8. The molecule has 2 aromatic carbocycles. The predicted octanol–water partition coefficient (Wildman–Crippen LogP) is 1.89. The summed E-state index contributed by atoms with van der Waals surface area (Å²) in [5.41, 5.74) is 3.03. The van der Waals surface area contributed by atoms with Crippen LogP contribution in [0.5, 0.6) is 0 Å². The second kappa shape index (κ2) is 9.88. The van der Waals surface area contributed by atoms with E-state index < -0.39 is 0 Å². The molecule has 0 aromatic heterocycles. The molecule has 0 saturated carbocycles. The summed E-state index contributed by atoms with van der Waals surface area (Å²) < 4.78 is 0. The fraction of sp³-hybridized carbons (Fsp3) is 0.364. The highest BCUT2D eigenvalue weighted by Crippen LogP contribution is 2.08. The first-order valence-electron chi connectivity index (χ1n) is 9.42. The Kier molecular flexibility index (Phi) is 7.55. The van der Waals surface area contributed by atoms with Crippen LogP contribution in [-0.2, 0) is 16.1 Å². The van der Waals surface area contributed by atoms with Crippen LogP contribution < -0.4 is 10.2 Å². The van der Waals surface area contributed by atoms with Crippen LogP contribution in [0.3, 0.4) is 0 Å². The Bertz CT molecular complexity index is 744. The Balaban J connectivity index is 1.91. The van der Waals surface area contributed by atoms with E-state index in [1.165, 1.54) is 0 Å². The second-order valence-electron chi connectivity index (χ2n) is 7.00. The van der Waals surface area contributed by atoms with Gasteiger partial charge in [-0.2, -0.15) is 0 Å². The van der Waals surface area contributed by atoms with Crippen LogP contribution in [0.25, 0.3) is 0 Å². The minimum Gasteiger partial charge on any atom is -0.334 e. The molecule has 1 unspecified atom stereocenters. The summed E-state index contributed by atoms with van der Waals surface area (Å²) in [5.74, 6) is -0.0379. The van der Waals surface area contributed by atoms with Crippen molar-refractivity contribution in [2.75, 3.05) is 25.5 Å². The molecule has 27 heavy (non-hydrogen) atoms. The van der Waals surface area contributed by atoms with Gasteiger partial charge in [-0.05, 0) is 38.5 Å². The van der Waals surface area contributed by atoms with E-state index in [1.54, 1.807) is 0 Å². The Labute approximate surface area is 162 Å². The van der Waals surface area contributed by atoms with Gasteiger partial charge in [-0.1, -0.05) is 48.0 Å². The molecule has 0 radical (unpaired) electrons. The molecule has 2 N–H and O–H groups in total. The topological polar surface area (TPSA) is 53.9 Å². The minimum absolute atomic E-state index is 0.0574. The number of carbonyl (C=O) groups is 2. The van der Waals surface area contributed by atoms with Crippen molar-refractivity contribution >= 4 is 17.5 Å². The van der Waals surface area contributed by atoms with E-state index in [1.807, 2.05) is 87.3 Å². The molecule has 144 valence electrons. The summed E-state index contributed by atoms with van der Waals surface area (Å²) in [6, 6.07) is 17.4. The maximum absolute atomic E-state index is 12.9. The molecule has 0 aliphatic heterocycles. The number of hydrogen-bond donors (Lipinski definition) is 2. The molecule has 2 atom stereocenters. The van der Waals surface area contributed by atoms with Crippen molar-refractivity contribution < 1.29 is 14.5 Å². The predicted molar refractivity (Wildman–Crippen MR) is 109 cm³/mol. The van der Waals surface area contributed by atoms with E-state index in [4.69, 9.17) is 0 Å². The van der Waals surface area contributed by atoms with Gasteiger partial charge in [0.15, 0.2) is 12.6 Å². The Hall–Kier alpha value is -2.66. The zero-order valence-corrected chi connectivity index (χ0v) is 16.7. The van der Waals surface area contributed by atoms with Gasteiger partial charge in [-0.25, -0.2) is 0 Å². The number of benzene rings is 2. The van der Waals surface area contributed by atoms with Gasteiger partial charge in [0, 0.05) is 18.8 Å². The van der Waals surface area contributed by atoms with Gasteiger partial charge >= 0.3 is 0 Å². The van der Waals surface area contributed by atoms with E-state index in [0.29, 0.717) is 13.1 Å². The van der Waals surface area contributed by atoms with Crippen molar-refractivity contribution in [1.29, 1.82) is 0 Å². The average Bonchev–Trinajstić information content (AvgIpc) is 2.67. The highest BCUT2D eigenvalue weighted by molar-refractivity contribution is 5.91. The molecular weight excluding hydrogens is 338 g/mol. The summed E-state index contributed by atoms with van der Waals surface area (Å²) in [6.07, 6.45) is 0. The lowest BCUT2D eigenvalue weighted by atomic mass is 10.2. The van der Waals surface area contributed by atoms with Crippen LogP contribution in [0.15, 0.2) is 54.6 Å². The van der Waals surface area contributed by atoms with Crippen molar-refractivity contribution in [3.63, 3.8) is 0 Å². The Morgan fingerprint density at radius 2 is 1.70 bits per heavy atom. The van der Waals surface area contributed by atoms with Crippen molar-refractivity contribution in [1.82, 2.24) is 4.90 Å². The molecule has 2 aromatic rings. The highest BCUT2D eigenvalue weighted by atomic mass is 16.2. The summed E-state index contributed by atoms with van der Waals surface area (Å²) in [7, 11) is 1.88. The fourth-order valence-electron chi connectivity index (χ4n) is 2.88. The van der Waals surface area contributed by atoms with Gasteiger partial charge in [0.05, 0.1) is 7.05 Å². The van der Waals surface area contributed by atoms with Crippen LogP contribution in [0.1, 0.15) is 25.0 Å². The normalized spacial score (nSPS) is 12.9. The molecule has 5 nitrogen and oxygen atoms in total. The van der Waals surface area contributed by atoms with Crippen LogP contribution >= 0.6 is 0 Å². The molecule has 0 fully saturated rings. The van der Waals surface area contributed by atoms with Gasteiger partial charge in [-0.15, -0.1) is 0 Å². The van der Waals surface area contributed by atoms with Crippen molar-refractivity contribution in [3.8, 4) is 0 Å². The lowest BCUT2D eigenvalue weighted by molar-refractivity contribution is -0.886. The first-order valence-corrected chi connectivity index (χ1v) is 9.42. The van der Waals surface area contributed by atoms with Gasteiger partial charge in [0.25, 0.3) is 11.8 Å². The van der Waals surface area contributed by atoms with Crippen molar-refractivity contribution in [2.24, 2.45) is 0 Å². The van der Waals surface area contributed by atoms with Gasteiger partial charge in [-0.3, -0.25) is 9.59 Å². The minimum atomic E-state index is -0.294. The number of likely N-dealkylation sites (N-methyl/N-ethyl adjacent to an activating group) is 2. The third-order valence-electron chi connectivity index (χ3n) is 4.79. The summed E-state index contributed by atoms with van der Waals surface area (Å²) in [5, 5.41) is 2.89.